The molecule has 35 heavy (non-hydrogen) atoms. The number of carbonyl (C=O) groups excluding carboxylic acids is 1. The first-order valence-electron chi connectivity index (χ1n) is 11.8. The van der Waals surface area contributed by atoms with Gasteiger partial charge in [-0.15, -0.1) is 0 Å². The van der Waals surface area contributed by atoms with Crippen LogP contribution in [0.25, 0.3) is 11.4 Å². The number of urea groups is 1. The molecule has 0 spiro atoms. The molecule has 1 aliphatic heterocycles. The van der Waals surface area contributed by atoms with Gasteiger partial charge in [-0.1, -0.05) is 0 Å². The minimum Gasteiger partial charge on any atom is -0.377 e. The molecule has 11 heteroatoms. The summed E-state index contributed by atoms with van der Waals surface area (Å²) in [6.45, 7) is 5.21. The normalized spacial score (nSPS) is 19.5. The third-order valence-electron chi connectivity index (χ3n) is 6.50. The van der Waals surface area contributed by atoms with Crippen LogP contribution >= 0.6 is 0 Å². The Balaban J connectivity index is 1.60. The zero-order chi connectivity index (χ0) is 25.2. The third-order valence-corrected chi connectivity index (χ3v) is 8.54. The van der Waals surface area contributed by atoms with Crippen molar-refractivity contribution < 1.29 is 17.9 Å². The highest BCUT2D eigenvalue weighted by Gasteiger charge is 2.55. The van der Waals surface area contributed by atoms with Gasteiger partial charge in [-0.3, -0.25) is 0 Å². The number of sulfone groups is 1. The van der Waals surface area contributed by atoms with Crippen LogP contribution in [0.15, 0.2) is 30.3 Å². The number of ether oxygens (including phenoxy) is 1. The molecule has 2 fully saturated rings. The van der Waals surface area contributed by atoms with Crippen LogP contribution in [0.1, 0.15) is 25.5 Å². The van der Waals surface area contributed by atoms with Crippen LogP contribution in [0.5, 0.6) is 0 Å². The van der Waals surface area contributed by atoms with E-state index in [1.54, 1.807) is 12.1 Å². The Labute approximate surface area is 207 Å². The smallest absolute Gasteiger partial charge is 0.319 e. The Kier molecular flexibility index (Phi) is 7.30. The molecule has 4 rings (SSSR count). The minimum absolute atomic E-state index is 0.116. The van der Waals surface area contributed by atoms with Crippen molar-refractivity contribution >= 4 is 27.4 Å². The van der Waals surface area contributed by atoms with E-state index in [0.29, 0.717) is 62.2 Å². The van der Waals surface area contributed by atoms with Gasteiger partial charge in [0.2, 0.25) is 0 Å². The molecule has 1 atom stereocenters. The van der Waals surface area contributed by atoms with E-state index in [0.717, 1.165) is 12.1 Å². The van der Waals surface area contributed by atoms with Gasteiger partial charge in [0.15, 0.2) is 15.7 Å². The van der Waals surface area contributed by atoms with Crippen LogP contribution in [0.4, 0.5) is 16.3 Å². The van der Waals surface area contributed by atoms with E-state index in [1.807, 2.05) is 37.2 Å². The zero-order valence-corrected chi connectivity index (χ0v) is 21.6. The van der Waals surface area contributed by atoms with Crippen molar-refractivity contribution in [3.63, 3.8) is 0 Å². The highest BCUT2D eigenvalue weighted by Crippen LogP contribution is 2.52. The molecule has 2 aromatic rings. The predicted molar refractivity (Wildman–Crippen MR) is 136 cm³/mol. The molecule has 0 radical (unpaired) electrons. The molecule has 1 saturated carbocycles. The monoisotopic (exact) mass is 502 g/mol. The topological polar surface area (TPSA) is 117 Å². The van der Waals surface area contributed by atoms with Crippen molar-refractivity contribution in [2.24, 2.45) is 0 Å². The maximum Gasteiger partial charge on any atom is 0.319 e. The summed E-state index contributed by atoms with van der Waals surface area (Å²) in [5.41, 5.74) is 1.93. The Morgan fingerprint density at radius 3 is 2.54 bits per heavy atom. The average Bonchev–Trinajstić information content (AvgIpc) is 3.62. The summed E-state index contributed by atoms with van der Waals surface area (Å²) < 4.78 is 29.9. The number of rotatable bonds is 8. The summed E-state index contributed by atoms with van der Waals surface area (Å²) in [5, 5.41) is 5.63. The summed E-state index contributed by atoms with van der Waals surface area (Å²) >= 11 is 0. The molecular weight excluding hydrogens is 468 g/mol. The minimum atomic E-state index is -3.33. The summed E-state index contributed by atoms with van der Waals surface area (Å²) in [6.07, 6.45) is 2.40. The second kappa shape index (κ2) is 10.1. The lowest BCUT2D eigenvalue weighted by molar-refractivity contribution is 0.0985. The Morgan fingerprint density at radius 2 is 1.94 bits per heavy atom. The van der Waals surface area contributed by atoms with Gasteiger partial charge in [0, 0.05) is 43.2 Å². The fraction of sp³-hybridized carbons (Fsp3) is 0.542. The lowest BCUT2D eigenvalue weighted by atomic mass is 10.1. The number of likely N-dealkylation sites (N-methyl/N-ethyl adjacent to an activating group) is 1. The zero-order valence-electron chi connectivity index (χ0n) is 20.7. The van der Waals surface area contributed by atoms with Crippen LogP contribution in [0.3, 0.4) is 0 Å². The molecule has 2 amide bonds. The van der Waals surface area contributed by atoms with Crippen LogP contribution in [0.2, 0.25) is 0 Å². The Morgan fingerprint density at radius 1 is 1.23 bits per heavy atom. The fourth-order valence-corrected chi connectivity index (χ4v) is 5.54. The number of nitrogens with zero attached hydrogens (tertiary/aromatic N) is 4. The molecule has 1 aromatic carbocycles. The Bertz CT molecular complexity index is 1170. The number of hydrogen-bond donors (Lipinski definition) is 2. The van der Waals surface area contributed by atoms with Gasteiger partial charge >= 0.3 is 6.03 Å². The molecule has 0 unspecified atom stereocenters. The highest BCUT2D eigenvalue weighted by atomic mass is 32.2. The predicted octanol–water partition coefficient (Wildman–Crippen LogP) is 2.09. The van der Waals surface area contributed by atoms with E-state index in [-0.39, 0.29) is 12.1 Å². The molecule has 2 heterocycles. The van der Waals surface area contributed by atoms with Gasteiger partial charge in [0.05, 0.1) is 24.9 Å². The van der Waals surface area contributed by atoms with Crippen LogP contribution < -0.4 is 15.5 Å². The second-order valence-electron chi connectivity index (χ2n) is 9.58. The quantitative estimate of drug-likeness (QED) is 0.564. The lowest BCUT2D eigenvalue weighted by Gasteiger charge is -2.34. The summed E-state index contributed by atoms with van der Waals surface area (Å²) in [4.78, 5) is 25.8. The molecule has 190 valence electrons. The number of nitrogens with one attached hydrogen (secondary N) is 2. The molecule has 2 aliphatic rings. The molecular formula is C24H34N6O4S. The van der Waals surface area contributed by atoms with Gasteiger partial charge in [-0.25, -0.2) is 23.2 Å². The van der Waals surface area contributed by atoms with Gasteiger partial charge in [-0.05, 0) is 58.1 Å². The third kappa shape index (κ3) is 5.74. The number of amides is 2. The SMILES string of the molecule is C[C@H]1COCCN1c1cc(C2(S(C)(=O)=O)CC2)nc(-c2ccc(NC(=O)NCCN(C)C)cc2)n1. The van der Waals surface area contributed by atoms with Crippen molar-refractivity contribution in [1.82, 2.24) is 20.2 Å². The first-order chi connectivity index (χ1) is 16.6. The largest absolute Gasteiger partial charge is 0.377 e. The number of hydrogen-bond acceptors (Lipinski definition) is 8. The maximum atomic E-state index is 12.6. The molecule has 0 bridgehead atoms. The van der Waals surface area contributed by atoms with E-state index in [4.69, 9.17) is 14.7 Å². The molecule has 2 N–H and O–H groups in total. The highest BCUT2D eigenvalue weighted by molar-refractivity contribution is 7.91. The van der Waals surface area contributed by atoms with Crippen molar-refractivity contribution in [2.45, 2.75) is 30.6 Å². The van der Waals surface area contributed by atoms with E-state index in [1.165, 1.54) is 6.26 Å². The van der Waals surface area contributed by atoms with Gasteiger partial charge in [0.1, 0.15) is 10.6 Å². The molecule has 1 saturated heterocycles. The van der Waals surface area contributed by atoms with Gasteiger partial charge in [-0.2, -0.15) is 0 Å². The molecule has 10 nitrogen and oxygen atoms in total. The van der Waals surface area contributed by atoms with Gasteiger partial charge < -0.3 is 25.2 Å². The number of aromatic nitrogens is 2. The van der Waals surface area contributed by atoms with Crippen LogP contribution in [0, 0.1) is 0 Å². The molecule has 1 aromatic heterocycles. The first kappa shape index (κ1) is 25.3. The van der Waals surface area contributed by atoms with E-state index >= 15 is 0 Å². The average molecular weight is 503 g/mol. The number of benzene rings is 1. The summed E-state index contributed by atoms with van der Waals surface area (Å²) in [5.74, 6) is 1.17. The summed E-state index contributed by atoms with van der Waals surface area (Å²) in [6, 6.07) is 8.92. The van der Waals surface area contributed by atoms with E-state index < -0.39 is 14.6 Å². The van der Waals surface area contributed by atoms with E-state index in [9.17, 15) is 13.2 Å². The Hall–Kier alpha value is -2.76. The first-order valence-corrected chi connectivity index (χ1v) is 13.7. The molecule has 1 aliphatic carbocycles. The number of morpholine rings is 1. The summed E-state index contributed by atoms with van der Waals surface area (Å²) in [7, 11) is 0.563. The van der Waals surface area contributed by atoms with Crippen molar-refractivity contribution in [3.8, 4) is 11.4 Å². The van der Waals surface area contributed by atoms with E-state index in [2.05, 4.69) is 22.5 Å². The van der Waals surface area contributed by atoms with Crippen molar-refractivity contribution in [1.29, 1.82) is 0 Å². The van der Waals surface area contributed by atoms with Crippen molar-refractivity contribution in [3.05, 3.63) is 36.0 Å². The van der Waals surface area contributed by atoms with Crippen LogP contribution in [-0.2, 0) is 19.3 Å². The van der Waals surface area contributed by atoms with Crippen LogP contribution in [-0.4, -0.2) is 88.6 Å². The maximum absolute atomic E-state index is 12.6. The standard InChI is InChI=1S/C24H34N6O4S/c1-17-16-34-14-13-30(17)21-15-20(24(9-10-24)35(4,32)33)27-22(28-21)18-5-7-19(8-6-18)26-23(31)25-11-12-29(2)3/h5-8,15,17H,9-14,16H2,1-4H3,(H2,25,26,31)/t17-/m0/s1. The van der Waals surface area contributed by atoms with Gasteiger partial charge in [0.25, 0.3) is 0 Å². The lowest BCUT2D eigenvalue weighted by Crippen LogP contribution is -2.44. The second-order valence-corrected chi connectivity index (χ2v) is 11.9. The fourth-order valence-electron chi connectivity index (χ4n) is 4.21. The number of anilines is 2. The van der Waals surface area contributed by atoms with Crippen molar-refractivity contribution in [2.75, 3.05) is 63.4 Å². The number of carbonyl (C=O) groups is 1.